The topological polar surface area (TPSA) is 95.0 Å². The van der Waals surface area contributed by atoms with E-state index in [4.69, 9.17) is 0 Å². The van der Waals surface area contributed by atoms with Crippen molar-refractivity contribution in [3.8, 4) is 5.75 Å². The third-order valence-corrected chi connectivity index (χ3v) is 6.67. The molecule has 2 fully saturated rings. The lowest BCUT2D eigenvalue weighted by Gasteiger charge is -2.18. The van der Waals surface area contributed by atoms with Crippen LogP contribution < -0.4 is 0 Å². The molecule has 0 bridgehead atoms. The Labute approximate surface area is 162 Å². The van der Waals surface area contributed by atoms with Gasteiger partial charge in [-0.2, -0.15) is 0 Å². The third-order valence-electron chi connectivity index (χ3n) is 4.49. The molecular formula is C16H15F3N2O5S2. The number of amides is 2. The summed E-state index contributed by atoms with van der Waals surface area (Å²) in [5.41, 5.74) is -0.839. The van der Waals surface area contributed by atoms with Crippen LogP contribution in [0.3, 0.4) is 0 Å². The molecule has 2 aliphatic rings. The highest BCUT2D eigenvalue weighted by molar-refractivity contribution is 8.18. The van der Waals surface area contributed by atoms with Crippen molar-refractivity contribution in [1.29, 1.82) is 0 Å². The van der Waals surface area contributed by atoms with Crippen LogP contribution in [0, 0.1) is 23.4 Å². The van der Waals surface area contributed by atoms with Gasteiger partial charge in [-0.05, 0) is 30.2 Å². The van der Waals surface area contributed by atoms with Crippen molar-refractivity contribution in [2.75, 3.05) is 25.9 Å². The van der Waals surface area contributed by atoms with Crippen molar-refractivity contribution in [2.45, 2.75) is 6.42 Å². The number of halogens is 3. The third kappa shape index (κ3) is 3.89. The van der Waals surface area contributed by atoms with Gasteiger partial charge in [-0.1, -0.05) is 0 Å². The molecule has 0 aliphatic carbocycles. The number of sulfonamides is 1. The molecule has 152 valence electrons. The van der Waals surface area contributed by atoms with E-state index in [1.807, 2.05) is 0 Å². The zero-order chi connectivity index (χ0) is 20.8. The number of aromatic hydroxyl groups is 1. The van der Waals surface area contributed by atoms with Crippen LogP contribution in [0.25, 0.3) is 6.08 Å². The lowest BCUT2D eigenvalue weighted by molar-refractivity contribution is -0.123. The standard InChI is InChI=1S/C16H15F3N2O5S2/c1-28(25,26)20-3-2-8(6-20)7-21-15(23)12(27-16(21)24)4-9-10(17)5-11(18)14(22)13(9)19/h4-5,8,22H,2-3,6-7H2,1H3. The summed E-state index contributed by atoms with van der Waals surface area (Å²) in [5.74, 6) is -6.85. The largest absolute Gasteiger partial charge is 0.503 e. The van der Waals surface area contributed by atoms with E-state index in [0.29, 0.717) is 18.2 Å². The van der Waals surface area contributed by atoms with Crippen LogP contribution in [0.2, 0.25) is 0 Å². The smallest absolute Gasteiger partial charge is 0.293 e. The van der Waals surface area contributed by atoms with Crippen molar-refractivity contribution in [1.82, 2.24) is 9.21 Å². The van der Waals surface area contributed by atoms with Crippen molar-refractivity contribution >= 4 is 39.0 Å². The maximum atomic E-state index is 13.9. The molecule has 2 heterocycles. The molecule has 2 aliphatic heterocycles. The summed E-state index contributed by atoms with van der Waals surface area (Å²) >= 11 is 0.452. The lowest BCUT2D eigenvalue weighted by atomic mass is 10.1. The average Bonchev–Trinajstić information content (AvgIpc) is 3.17. The number of hydrogen-bond acceptors (Lipinski definition) is 6. The average molecular weight is 436 g/mol. The number of phenols is 1. The van der Waals surface area contributed by atoms with Gasteiger partial charge < -0.3 is 5.11 Å². The number of thioether (sulfide) groups is 1. The fourth-order valence-corrected chi connectivity index (χ4v) is 4.77. The molecule has 0 saturated carbocycles. The number of benzene rings is 1. The molecule has 1 unspecified atom stereocenters. The number of phenolic OH excluding ortho intramolecular Hbond substituents is 1. The van der Waals surface area contributed by atoms with Crippen LogP contribution in [0.4, 0.5) is 18.0 Å². The van der Waals surface area contributed by atoms with E-state index in [-0.39, 0.29) is 36.5 Å². The number of nitrogens with zero attached hydrogens (tertiary/aromatic N) is 2. The van der Waals surface area contributed by atoms with Gasteiger partial charge in [-0.15, -0.1) is 0 Å². The molecule has 1 aromatic rings. The van der Waals surface area contributed by atoms with Crippen molar-refractivity contribution < 1.29 is 36.3 Å². The second kappa shape index (κ2) is 7.41. The Morgan fingerprint density at radius 1 is 1.29 bits per heavy atom. The van der Waals surface area contributed by atoms with Gasteiger partial charge in [0.25, 0.3) is 11.1 Å². The first kappa shape index (κ1) is 20.7. The second-order valence-electron chi connectivity index (χ2n) is 6.48. The molecule has 1 atom stereocenters. The van der Waals surface area contributed by atoms with Gasteiger partial charge in [-0.25, -0.2) is 25.9 Å². The zero-order valence-corrected chi connectivity index (χ0v) is 16.1. The highest BCUT2D eigenvalue weighted by atomic mass is 32.2. The van der Waals surface area contributed by atoms with Gasteiger partial charge in [0.05, 0.1) is 16.7 Å². The minimum atomic E-state index is -3.37. The van der Waals surface area contributed by atoms with Crippen LogP contribution in [0.5, 0.6) is 5.75 Å². The highest BCUT2D eigenvalue weighted by Crippen LogP contribution is 2.36. The van der Waals surface area contributed by atoms with E-state index in [1.165, 1.54) is 4.31 Å². The Bertz CT molecular complexity index is 996. The number of carbonyl (C=O) groups is 2. The van der Waals surface area contributed by atoms with Crippen LogP contribution in [0.1, 0.15) is 12.0 Å². The van der Waals surface area contributed by atoms with Gasteiger partial charge in [-0.3, -0.25) is 14.5 Å². The Balaban J connectivity index is 1.80. The van der Waals surface area contributed by atoms with Crippen LogP contribution in [-0.4, -0.2) is 59.8 Å². The summed E-state index contributed by atoms with van der Waals surface area (Å²) in [5, 5.41) is 8.60. The van der Waals surface area contributed by atoms with Crippen molar-refractivity contribution in [3.05, 3.63) is 34.0 Å². The predicted molar refractivity (Wildman–Crippen MR) is 95.2 cm³/mol. The molecule has 2 saturated heterocycles. The quantitative estimate of drug-likeness (QED) is 0.727. The Morgan fingerprint density at radius 2 is 1.96 bits per heavy atom. The van der Waals surface area contributed by atoms with Gasteiger partial charge in [0.15, 0.2) is 17.4 Å². The number of hydrogen-bond donors (Lipinski definition) is 1. The summed E-state index contributed by atoms with van der Waals surface area (Å²) in [4.78, 5) is 25.2. The maximum absolute atomic E-state index is 13.9. The first-order valence-corrected chi connectivity index (χ1v) is 10.7. The molecule has 0 spiro atoms. The molecule has 7 nitrogen and oxygen atoms in total. The minimum absolute atomic E-state index is 0.0341. The Kier molecular flexibility index (Phi) is 5.47. The molecule has 2 amide bonds. The molecule has 0 radical (unpaired) electrons. The summed E-state index contributed by atoms with van der Waals surface area (Å²) in [6.07, 6.45) is 2.27. The number of imide groups is 1. The first-order chi connectivity index (χ1) is 13.0. The number of carbonyl (C=O) groups excluding carboxylic acids is 2. The molecule has 12 heteroatoms. The molecule has 28 heavy (non-hydrogen) atoms. The lowest BCUT2D eigenvalue weighted by Crippen LogP contribution is -2.35. The molecule has 1 N–H and O–H groups in total. The van der Waals surface area contributed by atoms with Crippen LogP contribution in [0.15, 0.2) is 11.0 Å². The van der Waals surface area contributed by atoms with Crippen molar-refractivity contribution in [3.63, 3.8) is 0 Å². The minimum Gasteiger partial charge on any atom is -0.503 e. The van der Waals surface area contributed by atoms with E-state index in [9.17, 15) is 36.3 Å². The van der Waals surface area contributed by atoms with Gasteiger partial charge in [0, 0.05) is 25.7 Å². The first-order valence-electron chi connectivity index (χ1n) is 8.06. The van der Waals surface area contributed by atoms with E-state index >= 15 is 0 Å². The number of rotatable bonds is 4. The summed E-state index contributed by atoms with van der Waals surface area (Å²) in [7, 11) is -3.37. The zero-order valence-electron chi connectivity index (χ0n) is 14.5. The fraction of sp³-hybridized carbons (Fsp3) is 0.375. The van der Waals surface area contributed by atoms with E-state index in [1.54, 1.807) is 0 Å². The predicted octanol–water partition coefficient (Wildman–Crippen LogP) is 2.13. The fourth-order valence-electron chi connectivity index (χ4n) is 3.02. The summed E-state index contributed by atoms with van der Waals surface area (Å²) in [6.45, 7) is 0.406. The van der Waals surface area contributed by atoms with E-state index in [0.717, 1.165) is 17.2 Å². The summed E-state index contributed by atoms with van der Waals surface area (Å²) in [6, 6.07) is 0.271. The second-order valence-corrected chi connectivity index (χ2v) is 9.46. The highest BCUT2D eigenvalue weighted by Gasteiger charge is 2.39. The Morgan fingerprint density at radius 3 is 2.57 bits per heavy atom. The van der Waals surface area contributed by atoms with Gasteiger partial charge in [0.2, 0.25) is 10.0 Å². The Hall–Kier alpha value is -2.05. The van der Waals surface area contributed by atoms with Gasteiger partial charge in [0.1, 0.15) is 5.82 Å². The maximum Gasteiger partial charge on any atom is 0.293 e. The van der Waals surface area contributed by atoms with Crippen LogP contribution >= 0.6 is 11.8 Å². The van der Waals surface area contributed by atoms with Crippen LogP contribution in [-0.2, 0) is 14.8 Å². The molecule has 1 aromatic carbocycles. The molecule has 0 aromatic heterocycles. The van der Waals surface area contributed by atoms with E-state index < -0.39 is 49.9 Å². The normalized spacial score (nSPS) is 22.6. The van der Waals surface area contributed by atoms with Gasteiger partial charge >= 0.3 is 0 Å². The SMILES string of the molecule is CS(=O)(=O)N1CCC(CN2C(=O)SC(=Cc3c(F)cc(F)c(O)c3F)C2=O)C1. The van der Waals surface area contributed by atoms with Crippen molar-refractivity contribution in [2.24, 2.45) is 5.92 Å². The van der Waals surface area contributed by atoms with E-state index in [2.05, 4.69) is 0 Å². The molecule has 3 rings (SSSR count). The summed E-state index contributed by atoms with van der Waals surface area (Å²) < 4.78 is 65.3. The monoisotopic (exact) mass is 436 g/mol. The molecular weight excluding hydrogens is 421 g/mol.